The Balaban J connectivity index is 1.67. The highest BCUT2D eigenvalue weighted by Gasteiger charge is 2.36. The van der Waals surface area contributed by atoms with Crippen LogP contribution in [0.3, 0.4) is 0 Å². The molecule has 0 spiro atoms. The summed E-state index contributed by atoms with van der Waals surface area (Å²) in [5.41, 5.74) is 2.04. The first-order valence-corrected chi connectivity index (χ1v) is 9.55. The molecule has 0 saturated carbocycles. The van der Waals surface area contributed by atoms with Crippen LogP contribution in [0, 0.1) is 0 Å². The van der Waals surface area contributed by atoms with Crippen LogP contribution in [0.5, 0.6) is 0 Å². The topological polar surface area (TPSA) is 46.1 Å². The first-order valence-electron chi connectivity index (χ1n) is 7.30. The van der Waals surface area contributed by atoms with Crippen LogP contribution in [-0.4, -0.2) is 21.9 Å². The minimum absolute atomic E-state index is 0.0516. The monoisotopic (exact) mass is 373 g/mol. The first kappa shape index (κ1) is 15.6. The number of nitrogens with zero attached hydrogens (tertiary/aromatic N) is 3. The van der Waals surface area contributed by atoms with E-state index in [-0.39, 0.29) is 11.3 Å². The van der Waals surface area contributed by atoms with Crippen molar-refractivity contribution in [1.82, 2.24) is 10.2 Å². The van der Waals surface area contributed by atoms with Crippen LogP contribution in [0.2, 0.25) is 5.02 Å². The van der Waals surface area contributed by atoms with E-state index in [1.807, 2.05) is 54.6 Å². The van der Waals surface area contributed by atoms with Gasteiger partial charge < -0.3 is 0 Å². The second-order valence-corrected chi connectivity index (χ2v) is 7.70. The van der Waals surface area contributed by atoms with Gasteiger partial charge in [-0.2, -0.15) is 0 Å². The van der Waals surface area contributed by atoms with E-state index in [4.69, 9.17) is 11.6 Å². The van der Waals surface area contributed by atoms with Gasteiger partial charge in [-0.05, 0) is 17.7 Å². The van der Waals surface area contributed by atoms with Gasteiger partial charge in [0.2, 0.25) is 11.0 Å². The molecule has 4 rings (SSSR count). The summed E-state index contributed by atoms with van der Waals surface area (Å²) >= 11 is 8.99. The molecule has 24 heavy (non-hydrogen) atoms. The number of benzene rings is 2. The summed E-state index contributed by atoms with van der Waals surface area (Å²) in [7, 11) is 0. The Bertz CT molecular complexity index is 867. The van der Waals surface area contributed by atoms with E-state index in [1.165, 1.54) is 11.3 Å². The van der Waals surface area contributed by atoms with Crippen LogP contribution < -0.4 is 4.90 Å². The molecule has 1 fully saturated rings. The third-order valence-corrected chi connectivity index (χ3v) is 6.10. The Hall–Kier alpha value is -1.89. The molecule has 1 aromatic heterocycles. The number of halogens is 1. The predicted molar refractivity (Wildman–Crippen MR) is 99.5 cm³/mol. The molecule has 0 bridgehead atoms. The molecule has 120 valence electrons. The van der Waals surface area contributed by atoms with Crippen LogP contribution in [0.4, 0.5) is 5.13 Å². The Morgan fingerprint density at radius 1 is 1.04 bits per heavy atom. The maximum atomic E-state index is 12.4. The lowest BCUT2D eigenvalue weighted by molar-refractivity contribution is -0.115. The van der Waals surface area contributed by atoms with Crippen molar-refractivity contribution in [3.8, 4) is 10.6 Å². The quantitative estimate of drug-likeness (QED) is 0.671. The lowest BCUT2D eigenvalue weighted by Gasteiger charge is -2.20. The summed E-state index contributed by atoms with van der Waals surface area (Å²) < 4.78 is 0. The number of anilines is 1. The van der Waals surface area contributed by atoms with Crippen molar-refractivity contribution in [2.45, 2.75) is 5.37 Å². The summed E-state index contributed by atoms with van der Waals surface area (Å²) in [6, 6.07) is 17.4. The van der Waals surface area contributed by atoms with Gasteiger partial charge in [0, 0.05) is 10.6 Å². The van der Waals surface area contributed by atoms with Crippen LogP contribution >= 0.6 is 34.7 Å². The third kappa shape index (κ3) is 2.92. The van der Waals surface area contributed by atoms with E-state index >= 15 is 0 Å². The highest BCUT2D eigenvalue weighted by Crippen LogP contribution is 2.43. The van der Waals surface area contributed by atoms with Gasteiger partial charge in [-0.15, -0.1) is 22.0 Å². The smallest absolute Gasteiger partial charge is 0.240 e. The van der Waals surface area contributed by atoms with E-state index < -0.39 is 0 Å². The maximum Gasteiger partial charge on any atom is 0.240 e. The molecule has 1 unspecified atom stereocenters. The number of carbonyl (C=O) groups excluding carboxylic acids is 1. The average Bonchev–Trinajstić information content (AvgIpc) is 3.23. The fourth-order valence-corrected chi connectivity index (χ4v) is 4.76. The van der Waals surface area contributed by atoms with Crippen LogP contribution in [0.15, 0.2) is 54.6 Å². The minimum atomic E-state index is -0.0914. The van der Waals surface area contributed by atoms with Gasteiger partial charge in [0.25, 0.3) is 0 Å². The molecule has 4 nitrogen and oxygen atoms in total. The standard InChI is InChI=1S/C17H12ClN3OS2/c18-13-8-6-12(7-9-13)16-21(14(22)10-23-16)17-20-19-15(24-17)11-4-2-1-3-5-11/h1-9,16H,10H2. The number of amides is 1. The summed E-state index contributed by atoms with van der Waals surface area (Å²) in [6.45, 7) is 0. The molecule has 2 heterocycles. The maximum absolute atomic E-state index is 12.4. The summed E-state index contributed by atoms with van der Waals surface area (Å²) in [5, 5.41) is 10.5. The molecule has 1 aliphatic heterocycles. The molecule has 3 aromatic rings. The lowest BCUT2D eigenvalue weighted by atomic mass is 10.2. The van der Waals surface area contributed by atoms with Crippen molar-refractivity contribution in [3.63, 3.8) is 0 Å². The number of aromatic nitrogens is 2. The van der Waals surface area contributed by atoms with Crippen molar-refractivity contribution >= 4 is 45.7 Å². The zero-order valence-electron chi connectivity index (χ0n) is 12.4. The number of thioether (sulfide) groups is 1. The summed E-state index contributed by atoms with van der Waals surface area (Å²) in [4.78, 5) is 14.1. The fraction of sp³-hybridized carbons (Fsp3) is 0.118. The van der Waals surface area contributed by atoms with Gasteiger partial charge in [-0.25, -0.2) is 0 Å². The fourth-order valence-electron chi connectivity index (χ4n) is 2.51. The molecule has 1 aliphatic rings. The number of rotatable bonds is 3. The Morgan fingerprint density at radius 3 is 2.54 bits per heavy atom. The normalized spacial score (nSPS) is 17.5. The van der Waals surface area contributed by atoms with E-state index in [0.717, 1.165) is 16.1 Å². The Kier molecular flexibility index (Phi) is 4.26. The molecule has 0 radical (unpaired) electrons. The van der Waals surface area contributed by atoms with Gasteiger partial charge in [-0.1, -0.05) is 65.4 Å². The lowest BCUT2D eigenvalue weighted by Crippen LogP contribution is -2.27. The molecule has 1 atom stereocenters. The number of carbonyl (C=O) groups is 1. The molecule has 2 aromatic carbocycles. The molecule has 0 aliphatic carbocycles. The SMILES string of the molecule is O=C1CSC(c2ccc(Cl)cc2)N1c1nnc(-c2ccccc2)s1. The highest BCUT2D eigenvalue weighted by molar-refractivity contribution is 8.00. The van der Waals surface area contributed by atoms with Crippen LogP contribution in [0.1, 0.15) is 10.9 Å². The summed E-state index contributed by atoms with van der Waals surface area (Å²) in [5.74, 6) is 0.490. The van der Waals surface area contributed by atoms with E-state index in [2.05, 4.69) is 10.2 Å². The number of hydrogen-bond acceptors (Lipinski definition) is 5. The first-order chi connectivity index (χ1) is 11.7. The number of hydrogen-bond donors (Lipinski definition) is 0. The van der Waals surface area contributed by atoms with Gasteiger partial charge in [0.1, 0.15) is 10.4 Å². The van der Waals surface area contributed by atoms with E-state index in [1.54, 1.807) is 16.7 Å². The second-order valence-electron chi connectivity index (χ2n) is 5.23. The zero-order valence-corrected chi connectivity index (χ0v) is 14.8. The van der Waals surface area contributed by atoms with E-state index in [0.29, 0.717) is 15.9 Å². The molecular weight excluding hydrogens is 362 g/mol. The Labute approximate surface area is 152 Å². The average molecular weight is 374 g/mol. The Morgan fingerprint density at radius 2 is 1.79 bits per heavy atom. The van der Waals surface area contributed by atoms with Gasteiger partial charge in [0.05, 0.1) is 5.75 Å². The van der Waals surface area contributed by atoms with Gasteiger partial charge in [0.15, 0.2) is 0 Å². The van der Waals surface area contributed by atoms with Crippen molar-refractivity contribution in [2.75, 3.05) is 10.7 Å². The molecule has 7 heteroatoms. The minimum Gasteiger partial charge on any atom is -0.273 e. The van der Waals surface area contributed by atoms with Crippen molar-refractivity contribution < 1.29 is 4.79 Å². The van der Waals surface area contributed by atoms with Crippen molar-refractivity contribution in [1.29, 1.82) is 0 Å². The zero-order chi connectivity index (χ0) is 16.5. The highest BCUT2D eigenvalue weighted by atomic mass is 35.5. The molecule has 0 N–H and O–H groups in total. The van der Waals surface area contributed by atoms with Gasteiger partial charge in [-0.3, -0.25) is 9.69 Å². The van der Waals surface area contributed by atoms with Crippen molar-refractivity contribution in [2.24, 2.45) is 0 Å². The molecule has 1 amide bonds. The van der Waals surface area contributed by atoms with Gasteiger partial charge >= 0.3 is 0 Å². The summed E-state index contributed by atoms with van der Waals surface area (Å²) in [6.07, 6.45) is 0. The molecular formula is C17H12ClN3OS2. The van der Waals surface area contributed by atoms with Crippen LogP contribution in [0.25, 0.3) is 10.6 Å². The predicted octanol–water partition coefficient (Wildman–Crippen LogP) is 4.64. The largest absolute Gasteiger partial charge is 0.273 e. The van der Waals surface area contributed by atoms with Crippen molar-refractivity contribution in [3.05, 3.63) is 65.2 Å². The molecule has 1 saturated heterocycles. The van der Waals surface area contributed by atoms with E-state index in [9.17, 15) is 4.79 Å². The second kappa shape index (κ2) is 6.55. The van der Waals surface area contributed by atoms with Crippen LogP contribution in [-0.2, 0) is 4.79 Å². The third-order valence-electron chi connectivity index (χ3n) is 3.66.